The molecule has 0 fully saturated rings. The van der Waals surface area contributed by atoms with Gasteiger partial charge in [0.1, 0.15) is 0 Å². The Hall–Kier alpha value is -2.35. The predicted octanol–water partition coefficient (Wildman–Crippen LogP) is 6.84. The highest BCUT2D eigenvalue weighted by molar-refractivity contribution is 5.90. The molecule has 0 bridgehead atoms. The fraction of sp³-hybridized carbons (Fsp3) is 0.444. The van der Waals surface area contributed by atoms with Crippen molar-refractivity contribution in [3.63, 3.8) is 0 Å². The zero-order valence-electron chi connectivity index (χ0n) is 18.8. The van der Waals surface area contributed by atoms with E-state index in [0.717, 1.165) is 24.0 Å². The van der Waals surface area contributed by atoms with Gasteiger partial charge in [-0.15, -0.1) is 0 Å². The van der Waals surface area contributed by atoms with Crippen molar-refractivity contribution >= 4 is 11.5 Å². The van der Waals surface area contributed by atoms with Crippen molar-refractivity contribution < 1.29 is 9.53 Å². The lowest BCUT2D eigenvalue weighted by molar-refractivity contribution is 0.0600. The Labute approximate surface area is 176 Å². The molecule has 0 aliphatic heterocycles. The quantitative estimate of drug-likeness (QED) is 0.523. The summed E-state index contributed by atoms with van der Waals surface area (Å²) in [6, 6.07) is 12.4. The number of ether oxygens (including phenoxy) is 1. The third-order valence-corrected chi connectivity index (χ3v) is 6.58. The van der Waals surface area contributed by atoms with E-state index in [2.05, 4.69) is 53.3 Å². The first-order valence-electron chi connectivity index (χ1n) is 10.7. The summed E-state index contributed by atoms with van der Waals surface area (Å²) in [5.74, 6) is -0.313. The van der Waals surface area contributed by atoms with E-state index in [9.17, 15) is 4.79 Å². The first kappa shape index (κ1) is 21.4. The van der Waals surface area contributed by atoms with Crippen LogP contribution in [0.4, 0.5) is 0 Å². The second kappa shape index (κ2) is 7.82. The smallest absolute Gasteiger partial charge is 0.337 e. The van der Waals surface area contributed by atoms with E-state index in [1.165, 1.54) is 42.2 Å². The van der Waals surface area contributed by atoms with Crippen molar-refractivity contribution in [3.8, 4) is 0 Å². The zero-order valence-corrected chi connectivity index (χ0v) is 18.8. The molecule has 2 aromatic rings. The maximum atomic E-state index is 11.8. The van der Waals surface area contributed by atoms with Gasteiger partial charge in [-0.2, -0.15) is 0 Å². The van der Waals surface area contributed by atoms with Crippen LogP contribution in [0.5, 0.6) is 0 Å². The molecule has 0 amide bonds. The molecule has 1 aliphatic rings. The molecular weight excluding hydrogens is 356 g/mol. The van der Waals surface area contributed by atoms with Crippen LogP contribution in [-0.2, 0) is 22.0 Å². The van der Waals surface area contributed by atoms with Crippen LogP contribution in [0.2, 0.25) is 0 Å². The van der Waals surface area contributed by atoms with Gasteiger partial charge in [0.25, 0.3) is 0 Å². The lowest BCUT2D eigenvalue weighted by atomic mass is 9.62. The molecule has 0 aromatic heterocycles. The van der Waals surface area contributed by atoms with Crippen molar-refractivity contribution in [3.05, 3.63) is 76.4 Å². The van der Waals surface area contributed by atoms with Gasteiger partial charge in [-0.25, -0.2) is 4.79 Å². The number of esters is 1. The van der Waals surface area contributed by atoms with Gasteiger partial charge in [-0.1, -0.05) is 71.9 Å². The van der Waals surface area contributed by atoms with Crippen molar-refractivity contribution in [1.29, 1.82) is 0 Å². The Kier molecular flexibility index (Phi) is 5.76. The second-order valence-electron chi connectivity index (χ2n) is 9.62. The van der Waals surface area contributed by atoms with E-state index in [-0.39, 0.29) is 16.8 Å². The molecular formula is C27H34O2. The maximum absolute atomic E-state index is 11.8. The molecule has 0 radical (unpaired) electrons. The largest absolute Gasteiger partial charge is 0.465 e. The molecule has 2 nitrogen and oxygen atoms in total. The van der Waals surface area contributed by atoms with E-state index in [1.54, 1.807) is 0 Å². The maximum Gasteiger partial charge on any atom is 0.337 e. The van der Waals surface area contributed by atoms with Crippen molar-refractivity contribution in [2.24, 2.45) is 0 Å². The van der Waals surface area contributed by atoms with Crippen LogP contribution < -0.4 is 0 Å². The average Bonchev–Trinajstić information content (AvgIpc) is 2.70. The van der Waals surface area contributed by atoms with Crippen molar-refractivity contribution in [2.75, 3.05) is 7.11 Å². The highest BCUT2D eigenvalue weighted by atomic mass is 16.5. The molecule has 0 unspecified atom stereocenters. The van der Waals surface area contributed by atoms with Gasteiger partial charge in [0.15, 0.2) is 0 Å². The monoisotopic (exact) mass is 390 g/mol. The third-order valence-electron chi connectivity index (χ3n) is 6.58. The van der Waals surface area contributed by atoms with Gasteiger partial charge in [-0.05, 0) is 75.6 Å². The minimum absolute atomic E-state index is 0.166. The number of fused-ring (bicyclic) bond motifs is 1. The summed E-state index contributed by atoms with van der Waals surface area (Å²) in [5.41, 5.74) is 8.56. The summed E-state index contributed by atoms with van der Waals surface area (Å²) < 4.78 is 4.82. The Balaban J connectivity index is 2.11. The summed E-state index contributed by atoms with van der Waals surface area (Å²) in [6.45, 7) is 16.1. The normalized spacial score (nSPS) is 16.8. The molecule has 0 spiro atoms. The first-order chi connectivity index (χ1) is 13.6. The lowest BCUT2D eigenvalue weighted by Crippen LogP contribution is -2.34. The lowest BCUT2D eigenvalue weighted by Gasteiger charge is -2.42. The standard InChI is InChI=1S/C27H34O2/c1-8-9-21-16-23-24(27(5,6)15-14-26(23,3)4)17-22(21)18(2)19-10-12-20(13-11-19)25(28)29-7/h10-13,16-17H,2,8-9,14-15H2,1,3-7H3. The van der Waals surface area contributed by atoms with Crippen LogP contribution in [-0.4, -0.2) is 13.1 Å². The van der Waals surface area contributed by atoms with Gasteiger partial charge >= 0.3 is 5.97 Å². The number of benzene rings is 2. The van der Waals surface area contributed by atoms with Gasteiger partial charge in [0.2, 0.25) is 0 Å². The zero-order chi connectivity index (χ0) is 21.4. The van der Waals surface area contributed by atoms with Crippen molar-refractivity contribution in [1.82, 2.24) is 0 Å². The Bertz CT molecular complexity index is 930. The molecule has 0 heterocycles. The highest BCUT2D eigenvalue weighted by Crippen LogP contribution is 2.47. The van der Waals surface area contributed by atoms with Gasteiger partial charge in [-0.3, -0.25) is 0 Å². The number of methoxy groups -OCH3 is 1. The number of carbonyl (C=O) groups excluding carboxylic acids is 1. The number of hydrogen-bond acceptors (Lipinski definition) is 2. The van der Waals surface area contributed by atoms with E-state index in [4.69, 9.17) is 4.74 Å². The van der Waals surface area contributed by atoms with Crippen LogP contribution in [0.1, 0.15) is 92.1 Å². The molecule has 0 saturated heterocycles. The summed E-state index contributed by atoms with van der Waals surface area (Å²) in [5, 5.41) is 0. The molecule has 29 heavy (non-hydrogen) atoms. The minimum Gasteiger partial charge on any atom is -0.465 e. The summed E-state index contributed by atoms with van der Waals surface area (Å²) >= 11 is 0. The Morgan fingerprint density at radius 1 is 0.966 bits per heavy atom. The van der Waals surface area contributed by atoms with Gasteiger partial charge in [0, 0.05) is 0 Å². The van der Waals surface area contributed by atoms with Crippen LogP contribution in [0.3, 0.4) is 0 Å². The Morgan fingerprint density at radius 2 is 1.48 bits per heavy atom. The highest BCUT2D eigenvalue weighted by Gasteiger charge is 2.37. The molecule has 0 atom stereocenters. The molecule has 2 aromatic carbocycles. The molecule has 0 N–H and O–H groups in total. The van der Waals surface area contributed by atoms with E-state index in [1.807, 2.05) is 24.3 Å². The fourth-order valence-electron chi connectivity index (χ4n) is 4.50. The number of hydrogen-bond donors (Lipinski definition) is 0. The summed E-state index contributed by atoms with van der Waals surface area (Å²) in [4.78, 5) is 11.8. The van der Waals surface area contributed by atoms with Crippen LogP contribution >= 0.6 is 0 Å². The summed E-state index contributed by atoms with van der Waals surface area (Å²) in [7, 11) is 1.41. The number of rotatable bonds is 5. The first-order valence-corrected chi connectivity index (χ1v) is 10.7. The third kappa shape index (κ3) is 4.03. The predicted molar refractivity (Wildman–Crippen MR) is 122 cm³/mol. The van der Waals surface area contributed by atoms with E-state index in [0.29, 0.717) is 5.56 Å². The molecule has 2 heteroatoms. The second-order valence-corrected chi connectivity index (χ2v) is 9.62. The minimum atomic E-state index is -0.313. The summed E-state index contributed by atoms with van der Waals surface area (Å²) in [6.07, 6.45) is 4.55. The molecule has 0 saturated carbocycles. The van der Waals surface area contributed by atoms with Crippen LogP contribution in [0.25, 0.3) is 5.57 Å². The van der Waals surface area contributed by atoms with Crippen LogP contribution in [0.15, 0.2) is 43.0 Å². The molecule has 154 valence electrons. The van der Waals surface area contributed by atoms with Crippen molar-refractivity contribution in [2.45, 2.75) is 71.1 Å². The average molecular weight is 391 g/mol. The number of carbonyl (C=O) groups is 1. The van der Waals surface area contributed by atoms with Gasteiger partial charge in [0.05, 0.1) is 12.7 Å². The topological polar surface area (TPSA) is 26.3 Å². The number of aryl methyl sites for hydroxylation is 1. The molecule has 3 rings (SSSR count). The van der Waals surface area contributed by atoms with Gasteiger partial charge < -0.3 is 4.74 Å². The van der Waals surface area contributed by atoms with E-state index >= 15 is 0 Å². The van der Waals surface area contributed by atoms with E-state index < -0.39 is 0 Å². The fourth-order valence-corrected chi connectivity index (χ4v) is 4.50. The van der Waals surface area contributed by atoms with Crippen LogP contribution in [0, 0.1) is 0 Å². The SMILES string of the molecule is C=C(c1ccc(C(=O)OC)cc1)c1cc2c(cc1CCC)C(C)(C)CCC2(C)C. The Morgan fingerprint density at radius 3 is 2.00 bits per heavy atom. The molecule has 1 aliphatic carbocycles.